The summed E-state index contributed by atoms with van der Waals surface area (Å²) < 4.78 is 198. The summed E-state index contributed by atoms with van der Waals surface area (Å²) in [6, 6.07) is 11.2. The first-order valence-electron chi connectivity index (χ1n) is 17.6. The first-order valence-corrected chi connectivity index (χ1v) is 27.7. The minimum absolute atomic E-state index is 0.103. The van der Waals surface area contributed by atoms with E-state index in [2.05, 4.69) is 40.0 Å². The number of phenols is 1. The molecule has 35 heteroatoms. The van der Waals surface area contributed by atoms with Crippen LogP contribution in [0.5, 0.6) is 5.75 Å². The van der Waals surface area contributed by atoms with Gasteiger partial charge in [-0.2, -0.15) is 57.0 Å². The van der Waals surface area contributed by atoms with Crippen LogP contribution in [-0.4, -0.2) is 117 Å². The molecule has 0 saturated heterocycles. The molecule has 0 radical (unpaired) electrons. The minimum Gasteiger partial charge on any atom is -0.505 e. The Morgan fingerprint density at radius 3 is 1.97 bits per heavy atom. The van der Waals surface area contributed by atoms with Gasteiger partial charge >= 0.3 is 10.4 Å². The number of amides is 1. The van der Waals surface area contributed by atoms with Crippen molar-refractivity contribution < 1.29 is 87.4 Å². The second-order valence-electron chi connectivity index (χ2n) is 13.3. The predicted octanol–water partition coefficient (Wildman–Crippen LogP) is 4.01. The van der Waals surface area contributed by atoms with Gasteiger partial charge in [0.1, 0.15) is 26.1 Å². The number of aromatic nitrogens is 3. The number of sulfone groups is 1. The van der Waals surface area contributed by atoms with Gasteiger partial charge in [-0.25, -0.2) is 12.6 Å². The maximum Gasteiger partial charge on any atom is 0.397 e. The average Bonchev–Trinajstić information content (AvgIpc) is 3.19. The monoisotopic (exact) mass is 1100 g/mol. The largest absolute Gasteiger partial charge is 0.505 e. The molecule has 6 aromatic rings. The van der Waals surface area contributed by atoms with Gasteiger partial charge in [0.15, 0.2) is 20.7 Å². The average molecular weight is 1100 g/mol. The van der Waals surface area contributed by atoms with E-state index in [0.717, 1.165) is 42.5 Å². The molecule has 0 unspecified atom stereocenters. The van der Waals surface area contributed by atoms with Gasteiger partial charge < -0.3 is 15.7 Å². The Balaban J connectivity index is 1.35. The Hall–Kier alpha value is -5.60. The van der Waals surface area contributed by atoms with Crippen LogP contribution in [0, 0.1) is 0 Å². The highest BCUT2D eigenvalue weighted by Crippen LogP contribution is 2.46. The fourth-order valence-corrected chi connectivity index (χ4v) is 11.1. The van der Waals surface area contributed by atoms with Crippen molar-refractivity contribution in [3.05, 3.63) is 78.1 Å². The number of phenolic OH excluding ortho intramolecular Hbond substituents is 1. The van der Waals surface area contributed by atoms with E-state index >= 15 is 0 Å². The van der Waals surface area contributed by atoms with Crippen molar-refractivity contribution in [2.75, 3.05) is 28.7 Å². The fourth-order valence-electron chi connectivity index (χ4n) is 5.98. The first kappa shape index (κ1) is 51.8. The van der Waals surface area contributed by atoms with E-state index < -0.39 is 160 Å². The molecule has 1 aromatic heterocycles. The van der Waals surface area contributed by atoms with E-state index in [0.29, 0.717) is 30.0 Å². The van der Waals surface area contributed by atoms with E-state index in [1.165, 1.54) is 12.1 Å². The van der Waals surface area contributed by atoms with Crippen LogP contribution in [-0.2, 0) is 69.7 Å². The second-order valence-corrected chi connectivity index (χ2v) is 23.3. The molecule has 27 nitrogen and oxygen atoms in total. The van der Waals surface area contributed by atoms with E-state index in [1.54, 1.807) is 0 Å². The number of carbonyl (C=O) groups is 1. The molecule has 68 heavy (non-hydrogen) atoms. The molecule has 362 valence electrons. The molecule has 0 bridgehead atoms. The van der Waals surface area contributed by atoms with E-state index in [-0.39, 0.29) is 15.7 Å². The third-order valence-electron chi connectivity index (χ3n) is 8.69. The number of carbonyl (C=O) groups excluding carboxylic acids is 1. The maximum atomic E-state index is 12.8. The first-order chi connectivity index (χ1) is 31.3. The van der Waals surface area contributed by atoms with Crippen molar-refractivity contribution in [2.24, 2.45) is 10.2 Å². The van der Waals surface area contributed by atoms with Gasteiger partial charge in [-0.3, -0.25) is 27.6 Å². The Kier molecular flexibility index (Phi) is 14.5. The lowest BCUT2D eigenvalue weighted by Crippen LogP contribution is -2.16. The quantitative estimate of drug-likeness (QED) is 0.0363. The Labute approximate surface area is 392 Å². The van der Waals surface area contributed by atoms with Crippen LogP contribution < -0.4 is 10.6 Å². The number of azo groups is 1. The molecule has 1 amide bonds. The Bertz CT molecular complexity index is 3810. The summed E-state index contributed by atoms with van der Waals surface area (Å²) in [5.74, 6) is -3.73. The van der Waals surface area contributed by atoms with Crippen molar-refractivity contribution in [2.45, 2.75) is 29.6 Å². The lowest BCUT2D eigenvalue weighted by molar-refractivity contribution is -0.113. The highest BCUT2D eigenvalue weighted by Gasteiger charge is 2.28. The third kappa shape index (κ3) is 12.3. The number of anilines is 3. The molecule has 0 fully saturated rings. The lowest BCUT2D eigenvalue weighted by atomic mass is 10.1. The minimum atomic E-state index is -5.47. The number of thioether (sulfide) groups is 1. The molecule has 8 N–H and O–H groups in total. The van der Waals surface area contributed by atoms with Gasteiger partial charge in [-0.05, 0) is 71.6 Å². The Morgan fingerprint density at radius 2 is 1.37 bits per heavy atom. The number of fused-ring (bicyclic) bond motifs is 2. The molecule has 1 heterocycles. The standard InChI is InChI=1S/C33H26ClN7O20S7/c34-31-37-32(39-33(38-31)62-15-26(42)35-17-4-6-18(7-5-17)63(44,45)11-10-61-68(58,59)60)36-23-14-19(64(46,47)48)12-16-13-25(66(52,53)54)28(29(43)27(16)23)41-40-22-9-8-20-21(30(22)67(55,56)57)2-1-3-24(20)65(49,50)51/h1-9,12-14,43H,10-11,15H2,(H,35,42)(H,46,47,48)(H,49,50,51)(H,52,53,54)(H,55,56,57)(H,58,59,60)(H,36,37,38,39). The number of halogens is 1. The van der Waals surface area contributed by atoms with Gasteiger partial charge in [-0.15, -0.1) is 10.2 Å². The summed E-state index contributed by atoms with van der Waals surface area (Å²) in [6.07, 6.45) is 0. The summed E-state index contributed by atoms with van der Waals surface area (Å²) in [5, 5.41) is 21.0. The molecule has 0 spiro atoms. The molecule has 0 saturated carbocycles. The van der Waals surface area contributed by atoms with Gasteiger partial charge in [0.05, 0.1) is 33.6 Å². The summed E-state index contributed by atoms with van der Waals surface area (Å²) in [5.41, 5.74) is -2.40. The van der Waals surface area contributed by atoms with E-state index in [9.17, 15) is 78.6 Å². The summed E-state index contributed by atoms with van der Waals surface area (Å²) >= 11 is 6.75. The molecule has 0 aliphatic heterocycles. The number of rotatable bonds is 17. The molecular weight excluding hydrogens is 1070 g/mol. The normalized spacial score (nSPS) is 13.0. The summed E-state index contributed by atoms with van der Waals surface area (Å²) in [6.45, 7) is -0.871. The second kappa shape index (κ2) is 19.1. The highest BCUT2D eigenvalue weighted by atomic mass is 35.5. The van der Waals surface area contributed by atoms with E-state index in [1.807, 2.05) is 0 Å². The number of nitrogens with one attached hydrogen (secondary N) is 2. The molecular formula is C33H26ClN7O20S7. The third-order valence-corrected chi connectivity index (χ3v) is 15.4. The van der Waals surface area contributed by atoms with Crippen molar-refractivity contribution in [3.8, 4) is 5.75 Å². The molecule has 0 aliphatic rings. The Morgan fingerprint density at radius 1 is 0.706 bits per heavy atom. The van der Waals surface area contributed by atoms with E-state index in [4.69, 9.17) is 16.2 Å². The number of nitrogens with zero attached hydrogens (tertiary/aromatic N) is 5. The van der Waals surface area contributed by atoms with Crippen LogP contribution in [0.3, 0.4) is 0 Å². The number of hydrogen-bond acceptors (Lipinski definition) is 22. The number of hydrogen-bond donors (Lipinski definition) is 8. The van der Waals surface area contributed by atoms with Crippen LogP contribution >= 0.6 is 23.4 Å². The van der Waals surface area contributed by atoms with Crippen molar-refractivity contribution in [3.63, 3.8) is 0 Å². The van der Waals surface area contributed by atoms with Crippen LogP contribution in [0.1, 0.15) is 0 Å². The predicted molar refractivity (Wildman–Crippen MR) is 236 cm³/mol. The van der Waals surface area contributed by atoms with Gasteiger partial charge in [0.25, 0.3) is 40.5 Å². The highest BCUT2D eigenvalue weighted by molar-refractivity contribution is 7.99. The maximum absolute atomic E-state index is 12.8. The molecule has 6 rings (SSSR count). The van der Waals surface area contributed by atoms with Crippen LogP contribution in [0.15, 0.2) is 113 Å². The lowest BCUT2D eigenvalue weighted by Gasteiger charge is -2.15. The van der Waals surface area contributed by atoms with Crippen LogP contribution in [0.25, 0.3) is 21.5 Å². The van der Waals surface area contributed by atoms with Gasteiger partial charge in [0.2, 0.25) is 17.1 Å². The zero-order valence-corrected chi connectivity index (χ0v) is 39.4. The summed E-state index contributed by atoms with van der Waals surface area (Å²) in [4.78, 5) is 20.2. The number of aromatic hydroxyl groups is 1. The molecule has 0 atom stereocenters. The van der Waals surface area contributed by atoms with Crippen molar-refractivity contribution in [1.82, 2.24) is 15.0 Å². The topological polar surface area (TPSA) is 440 Å². The SMILES string of the molecule is O=C(CSc1nc(Cl)nc(Nc2cc(S(=O)(=O)O)cc3cc(S(=O)(=O)O)c(N=Nc4ccc5c(S(=O)(=O)O)cccc5c4S(=O)(=O)O)c(O)c23)n1)Nc1ccc(S(=O)(=O)CCOS(=O)(=O)O)cc1. The van der Waals surface area contributed by atoms with Crippen molar-refractivity contribution >= 4 is 140 Å². The molecule has 0 aliphatic carbocycles. The van der Waals surface area contributed by atoms with Gasteiger partial charge in [-0.1, -0.05) is 30.0 Å². The van der Waals surface area contributed by atoms with Crippen molar-refractivity contribution in [1.29, 1.82) is 0 Å². The zero-order valence-electron chi connectivity index (χ0n) is 32.9. The van der Waals surface area contributed by atoms with Crippen LogP contribution in [0.4, 0.5) is 28.7 Å². The molecule has 5 aromatic carbocycles. The van der Waals surface area contributed by atoms with Crippen LogP contribution in [0.2, 0.25) is 5.28 Å². The zero-order chi connectivity index (χ0) is 50.4. The van der Waals surface area contributed by atoms with Gasteiger partial charge in [0, 0.05) is 21.8 Å². The summed E-state index contributed by atoms with van der Waals surface area (Å²) in [7, 11) is -29.9. The smallest absolute Gasteiger partial charge is 0.397 e. The fraction of sp³-hybridized carbons (Fsp3) is 0.0909. The number of benzene rings is 5.